The number of aliphatic hydroxyl groups is 3. The van der Waals surface area contributed by atoms with Gasteiger partial charge in [-0.05, 0) is 53.8 Å². The van der Waals surface area contributed by atoms with Gasteiger partial charge in [0.15, 0.2) is 0 Å². The lowest BCUT2D eigenvalue weighted by Crippen LogP contribution is -2.55. The molecule has 0 aromatic heterocycles. The van der Waals surface area contributed by atoms with Crippen molar-refractivity contribution in [3.63, 3.8) is 0 Å². The molecule has 0 bridgehead atoms. The minimum atomic E-state index is -1.21. The van der Waals surface area contributed by atoms with E-state index in [1.54, 1.807) is 25.1 Å². The molecule has 1 aliphatic rings. The number of hydrogen-bond donors (Lipinski definition) is 3. The van der Waals surface area contributed by atoms with Crippen LogP contribution in [0.3, 0.4) is 0 Å². The smallest absolute Gasteiger partial charge is 0.228 e. The Hall–Kier alpha value is -1.99. The molecule has 29 heavy (non-hydrogen) atoms. The van der Waals surface area contributed by atoms with Crippen LogP contribution in [0, 0.1) is 11.7 Å². The fourth-order valence-electron chi connectivity index (χ4n) is 3.80. The third-order valence-electron chi connectivity index (χ3n) is 5.46. The Morgan fingerprint density at radius 2 is 1.90 bits per heavy atom. The molecular formula is C23H29FO5. The SMILES string of the molecule is CCCc1ccc(O[C@@H]2O[C@@H](CCO)[C@H](C)[C@@H](O)[C@H]2O)cc1-c1cccc(F)c1. The normalized spacial score (nSPS) is 27.0. The molecule has 2 aromatic carbocycles. The molecule has 158 valence electrons. The van der Waals surface area contributed by atoms with Gasteiger partial charge in [-0.3, -0.25) is 0 Å². The molecule has 0 aliphatic carbocycles. The quantitative estimate of drug-likeness (QED) is 0.660. The monoisotopic (exact) mass is 404 g/mol. The first-order valence-corrected chi connectivity index (χ1v) is 10.1. The van der Waals surface area contributed by atoms with E-state index in [-0.39, 0.29) is 18.3 Å². The van der Waals surface area contributed by atoms with E-state index in [0.717, 1.165) is 29.5 Å². The van der Waals surface area contributed by atoms with Gasteiger partial charge in [0.05, 0.1) is 12.2 Å². The lowest BCUT2D eigenvalue weighted by Gasteiger charge is -2.41. The molecule has 0 spiro atoms. The summed E-state index contributed by atoms with van der Waals surface area (Å²) in [6.07, 6.45) is -1.60. The van der Waals surface area contributed by atoms with Crippen molar-refractivity contribution < 1.29 is 29.2 Å². The van der Waals surface area contributed by atoms with Gasteiger partial charge in [0.25, 0.3) is 0 Å². The van der Waals surface area contributed by atoms with Crippen molar-refractivity contribution in [2.24, 2.45) is 5.92 Å². The highest BCUT2D eigenvalue weighted by Gasteiger charge is 2.43. The van der Waals surface area contributed by atoms with Crippen LogP contribution in [0.15, 0.2) is 42.5 Å². The van der Waals surface area contributed by atoms with Crippen LogP contribution in [0.5, 0.6) is 5.75 Å². The summed E-state index contributed by atoms with van der Waals surface area (Å²) < 4.78 is 25.5. The number of hydrogen-bond acceptors (Lipinski definition) is 5. The first kappa shape index (κ1) is 21.7. The van der Waals surface area contributed by atoms with Gasteiger partial charge in [-0.1, -0.05) is 38.5 Å². The van der Waals surface area contributed by atoms with Gasteiger partial charge in [-0.2, -0.15) is 0 Å². The number of benzene rings is 2. The van der Waals surface area contributed by atoms with Gasteiger partial charge < -0.3 is 24.8 Å². The fourth-order valence-corrected chi connectivity index (χ4v) is 3.80. The molecule has 1 fully saturated rings. The van der Waals surface area contributed by atoms with Crippen LogP contribution in [0.2, 0.25) is 0 Å². The number of halogens is 1. The molecule has 0 unspecified atom stereocenters. The van der Waals surface area contributed by atoms with Crippen molar-refractivity contribution in [2.45, 2.75) is 57.7 Å². The van der Waals surface area contributed by atoms with Crippen LogP contribution in [0.4, 0.5) is 4.39 Å². The summed E-state index contributed by atoms with van der Waals surface area (Å²) in [5, 5.41) is 30.0. The maximum absolute atomic E-state index is 13.8. The minimum Gasteiger partial charge on any atom is -0.462 e. The predicted molar refractivity (Wildman–Crippen MR) is 108 cm³/mol. The van der Waals surface area contributed by atoms with Gasteiger partial charge in [-0.15, -0.1) is 0 Å². The highest BCUT2D eigenvalue weighted by Crippen LogP contribution is 2.33. The second-order valence-corrected chi connectivity index (χ2v) is 7.59. The largest absolute Gasteiger partial charge is 0.462 e. The molecule has 3 N–H and O–H groups in total. The minimum absolute atomic E-state index is 0.0834. The summed E-state index contributed by atoms with van der Waals surface area (Å²) in [7, 11) is 0. The van der Waals surface area contributed by atoms with Crippen LogP contribution >= 0.6 is 0 Å². The maximum Gasteiger partial charge on any atom is 0.228 e. The van der Waals surface area contributed by atoms with E-state index < -0.39 is 24.6 Å². The molecule has 1 heterocycles. The summed E-state index contributed by atoms with van der Waals surface area (Å²) in [5.41, 5.74) is 2.67. The Balaban J connectivity index is 1.88. The van der Waals surface area contributed by atoms with E-state index >= 15 is 0 Å². The van der Waals surface area contributed by atoms with Crippen LogP contribution in [-0.2, 0) is 11.2 Å². The molecule has 0 amide bonds. The summed E-state index contributed by atoms with van der Waals surface area (Å²) in [5.74, 6) is -0.185. The van der Waals surface area contributed by atoms with Gasteiger partial charge in [0.1, 0.15) is 17.7 Å². The lowest BCUT2D eigenvalue weighted by molar-refractivity contribution is -0.257. The summed E-state index contributed by atoms with van der Waals surface area (Å²) in [4.78, 5) is 0. The zero-order valence-corrected chi connectivity index (χ0v) is 16.8. The molecule has 0 saturated carbocycles. The average molecular weight is 404 g/mol. The molecule has 2 aromatic rings. The van der Waals surface area contributed by atoms with Crippen LogP contribution in [0.1, 0.15) is 32.3 Å². The van der Waals surface area contributed by atoms with E-state index in [9.17, 15) is 19.7 Å². The highest BCUT2D eigenvalue weighted by molar-refractivity contribution is 5.69. The van der Waals surface area contributed by atoms with Gasteiger partial charge in [-0.25, -0.2) is 4.39 Å². The molecule has 1 aliphatic heterocycles. The molecule has 0 radical (unpaired) electrons. The van der Waals surface area contributed by atoms with Crippen molar-refractivity contribution in [3.05, 3.63) is 53.8 Å². The third kappa shape index (κ3) is 4.95. The van der Waals surface area contributed by atoms with Crippen LogP contribution < -0.4 is 4.74 Å². The average Bonchev–Trinajstić information content (AvgIpc) is 2.71. The first-order valence-electron chi connectivity index (χ1n) is 10.1. The maximum atomic E-state index is 13.8. The van der Waals surface area contributed by atoms with Crippen molar-refractivity contribution in [1.82, 2.24) is 0 Å². The van der Waals surface area contributed by atoms with Gasteiger partial charge in [0.2, 0.25) is 6.29 Å². The van der Waals surface area contributed by atoms with Crippen LogP contribution in [0.25, 0.3) is 11.1 Å². The number of aliphatic hydroxyl groups excluding tert-OH is 3. The summed E-state index contributed by atoms with van der Waals surface area (Å²) >= 11 is 0. The van der Waals surface area contributed by atoms with E-state index in [0.29, 0.717) is 12.2 Å². The molecule has 5 atom stereocenters. The Kier molecular flexibility index (Phi) is 7.24. The first-order chi connectivity index (χ1) is 13.9. The van der Waals surface area contributed by atoms with Gasteiger partial charge >= 0.3 is 0 Å². The van der Waals surface area contributed by atoms with E-state index in [2.05, 4.69) is 6.92 Å². The fraction of sp³-hybridized carbons (Fsp3) is 0.478. The molecular weight excluding hydrogens is 375 g/mol. The van der Waals surface area contributed by atoms with Crippen molar-refractivity contribution in [2.75, 3.05) is 6.61 Å². The topological polar surface area (TPSA) is 79.2 Å². The number of aryl methyl sites for hydroxylation is 1. The Labute approximate surface area is 170 Å². The second kappa shape index (κ2) is 9.67. The number of rotatable bonds is 7. The second-order valence-electron chi connectivity index (χ2n) is 7.59. The Morgan fingerprint density at radius 1 is 1.10 bits per heavy atom. The zero-order valence-electron chi connectivity index (χ0n) is 16.8. The standard InChI is InChI=1S/C23H29FO5/c1-3-5-15-8-9-18(13-19(15)16-6-4-7-17(24)12-16)28-23-22(27)21(26)14(2)20(29-23)10-11-25/h4,6-9,12-14,20-23,25-27H,3,5,10-11H2,1-2H3/t14-,20-,21+,22+,23+/m0/s1. The van der Waals surface area contributed by atoms with Gasteiger partial charge in [0, 0.05) is 12.5 Å². The molecule has 6 heteroatoms. The Bertz CT molecular complexity index is 812. The molecule has 5 nitrogen and oxygen atoms in total. The third-order valence-corrected chi connectivity index (χ3v) is 5.46. The Morgan fingerprint density at radius 3 is 2.59 bits per heavy atom. The van der Waals surface area contributed by atoms with Crippen molar-refractivity contribution >= 4 is 0 Å². The summed E-state index contributed by atoms with van der Waals surface area (Å²) in [6.45, 7) is 3.77. The van der Waals surface area contributed by atoms with E-state index in [1.807, 2.05) is 12.1 Å². The zero-order chi connectivity index (χ0) is 21.0. The predicted octanol–water partition coefficient (Wildman–Crippen LogP) is 3.29. The molecule has 3 rings (SSSR count). The molecule has 1 saturated heterocycles. The van der Waals surface area contributed by atoms with Crippen molar-refractivity contribution in [1.29, 1.82) is 0 Å². The van der Waals surface area contributed by atoms with E-state index in [1.165, 1.54) is 12.1 Å². The van der Waals surface area contributed by atoms with Crippen LogP contribution in [-0.4, -0.2) is 46.5 Å². The lowest BCUT2D eigenvalue weighted by atomic mass is 9.89. The highest BCUT2D eigenvalue weighted by atomic mass is 19.1. The van der Waals surface area contributed by atoms with Crippen molar-refractivity contribution in [3.8, 4) is 16.9 Å². The summed E-state index contributed by atoms with van der Waals surface area (Å²) in [6, 6.07) is 11.9. The van der Waals surface area contributed by atoms with E-state index in [4.69, 9.17) is 9.47 Å². The number of ether oxygens (including phenoxy) is 2.